The molecule has 0 aromatic carbocycles. The minimum atomic E-state index is -0.148. The van der Waals surface area contributed by atoms with Gasteiger partial charge in [0.25, 0.3) is 0 Å². The quantitative estimate of drug-likeness (QED) is 0.593. The summed E-state index contributed by atoms with van der Waals surface area (Å²) in [6.45, 7) is 6.22. The topological polar surface area (TPSA) is 32.3 Å². The van der Waals surface area contributed by atoms with Crippen LogP contribution in [0.25, 0.3) is 0 Å². The number of hydrogen-bond acceptors (Lipinski definition) is 2. The Morgan fingerprint density at radius 3 is 2.60 bits per heavy atom. The summed E-state index contributed by atoms with van der Waals surface area (Å²) >= 11 is 0. The van der Waals surface area contributed by atoms with Crippen molar-refractivity contribution in [2.45, 2.75) is 26.4 Å². The molecular weight excluding hydrogens is 126 g/mol. The van der Waals surface area contributed by atoms with E-state index in [1.54, 1.807) is 0 Å². The van der Waals surface area contributed by atoms with E-state index in [0.717, 1.165) is 13.1 Å². The van der Waals surface area contributed by atoms with Crippen LogP contribution in [0.2, 0.25) is 0 Å². The van der Waals surface area contributed by atoms with Crippen molar-refractivity contribution in [3.63, 3.8) is 0 Å². The largest absolute Gasteiger partial charge is 0.393 e. The van der Waals surface area contributed by atoms with E-state index in [1.165, 1.54) is 6.42 Å². The van der Waals surface area contributed by atoms with Crippen LogP contribution in [0.4, 0.5) is 0 Å². The minimum Gasteiger partial charge on any atom is -0.393 e. The van der Waals surface area contributed by atoms with Crippen molar-refractivity contribution in [3.8, 4) is 0 Å². The first-order valence-electron chi connectivity index (χ1n) is 4.10. The highest BCUT2D eigenvalue weighted by molar-refractivity contribution is 4.78. The molecule has 0 amide bonds. The Morgan fingerprint density at radius 1 is 1.50 bits per heavy atom. The number of hydrogen-bond donors (Lipinski definition) is 2. The number of aliphatic hydroxyl groups is 1. The zero-order valence-electron chi connectivity index (χ0n) is 6.80. The Bertz CT molecular complexity index is 97.4. The van der Waals surface area contributed by atoms with Crippen molar-refractivity contribution in [1.29, 1.82) is 0 Å². The van der Waals surface area contributed by atoms with Crippen LogP contribution in [0.1, 0.15) is 20.3 Å². The van der Waals surface area contributed by atoms with Crippen LogP contribution in [0.3, 0.4) is 0 Å². The predicted octanol–water partition coefficient (Wildman–Crippen LogP) is 0.613. The average molecular weight is 143 g/mol. The van der Waals surface area contributed by atoms with Crippen molar-refractivity contribution in [3.05, 3.63) is 0 Å². The summed E-state index contributed by atoms with van der Waals surface area (Å²) in [5, 5.41) is 12.6. The van der Waals surface area contributed by atoms with Gasteiger partial charge in [-0.3, -0.25) is 0 Å². The van der Waals surface area contributed by atoms with E-state index in [2.05, 4.69) is 12.2 Å². The third-order valence-electron chi connectivity index (χ3n) is 2.60. The monoisotopic (exact) mass is 143 g/mol. The van der Waals surface area contributed by atoms with E-state index in [0.29, 0.717) is 11.8 Å². The maximum absolute atomic E-state index is 9.25. The molecule has 0 aromatic heterocycles. The van der Waals surface area contributed by atoms with Gasteiger partial charge in [-0.1, -0.05) is 6.92 Å². The molecule has 1 aliphatic heterocycles. The summed E-state index contributed by atoms with van der Waals surface area (Å²) in [7, 11) is 0. The zero-order chi connectivity index (χ0) is 7.56. The fourth-order valence-electron chi connectivity index (χ4n) is 1.52. The Morgan fingerprint density at radius 2 is 2.20 bits per heavy atom. The molecule has 2 heteroatoms. The summed E-state index contributed by atoms with van der Waals surface area (Å²) < 4.78 is 0. The molecule has 0 radical (unpaired) electrons. The van der Waals surface area contributed by atoms with Crippen LogP contribution in [-0.2, 0) is 0 Å². The third kappa shape index (κ3) is 1.70. The highest BCUT2D eigenvalue weighted by atomic mass is 16.3. The van der Waals surface area contributed by atoms with Crippen LogP contribution in [-0.4, -0.2) is 24.3 Å². The fourth-order valence-corrected chi connectivity index (χ4v) is 1.52. The second-order valence-electron chi connectivity index (χ2n) is 3.35. The van der Waals surface area contributed by atoms with Gasteiger partial charge in [0.05, 0.1) is 6.10 Å². The summed E-state index contributed by atoms with van der Waals surface area (Å²) in [4.78, 5) is 0. The molecule has 0 bridgehead atoms. The lowest BCUT2D eigenvalue weighted by Crippen LogP contribution is -2.24. The molecule has 0 spiro atoms. The van der Waals surface area contributed by atoms with Crippen molar-refractivity contribution < 1.29 is 5.11 Å². The van der Waals surface area contributed by atoms with Gasteiger partial charge in [-0.25, -0.2) is 0 Å². The van der Waals surface area contributed by atoms with E-state index in [-0.39, 0.29) is 6.10 Å². The molecule has 0 saturated carbocycles. The molecular formula is C8H17NO. The van der Waals surface area contributed by atoms with Gasteiger partial charge in [0.1, 0.15) is 0 Å². The lowest BCUT2D eigenvalue weighted by Gasteiger charge is -2.20. The van der Waals surface area contributed by atoms with E-state index >= 15 is 0 Å². The van der Waals surface area contributed by atoms with Crippen LogP contribution < -0.4 is 5.32 Å². The van der Waals surface area contributed by atoms with Gasteiger partial charge in [0.15, 0.2) is 0 Å². The SMILES string of the molecule is CC(O)C(C)C1CCNC1. The predicted molar refractivity (Wildman–Crippen MR) is 41.8 cm³/mol. The molecule has 1 rings (SSSR count). The lowest BCUT2D eigenvalue weighted by atomic mass is 9.89. The first-order valence-corrected chi connectivity index (χ1v) is 4.10. The molecule has 1 saturated heterocycles. The maximum Gasteiger partial charge on any atom is 0.0540 e. The van der Waals surface area contributed by atoms with Gasteiger partial charge < -0.3 is 10.4 Å². The van der Waals surface area contributed by atoms with Gasteiger partial charge in [-0.05, 0) is 38.3 Å². The Labute approximate surface area is 62.6 Å². The number of aliphatic hydroxyl groups excluding tert-OH is 1. The second kappa shape index (κ2) is 3.35. The summed E-state index contributed by atoms with van der Waals surface area (Å²) in [6.07, 6.45) is 1.08. The normalized spacial score (nSPS) is 32.1. The minimum absolute atomic E-state index is 0.148. The Kier molecular flexibility index (Phi) is 2.69. The maximum atomic E-state index is 9.25. The van der Waals surface area contributed by atoms with Crippen LogP contribution in [0.5, 0.6) is 0 Å². The van der Waals surface area contributed by atoms with E-state index in [1.807, 2.05) is 6.92 Å². The molecule has 3 unspecified atom stereocenters. The highest BCUT2D eigenvalue weighted by Gasteiger charge is 2.23. The first kappa shape index (κ1) is 8.02. The van der Waals surface area contributed by atoms with Crippen molar-refractivity contribution >= 4 is 0 Å². The van der Waals surface area contributed by atoms with Gasteiger partial charge in [-0.15, -0.1) is 0 Å². The van der Waals surface area contributed by atoms with Gasteiger partial charge >= 0.3 is 0 Å². The molecule has 2 nitrogen and oxygen atoms in total. The van der Waals surface area contributed by atoms with Crippen molar-refractivity contribution in [1.82, 2.24) is 5.32 Å². The molecule has 60 valence electrons. The van der Waals surface area contributed by atoms with E-state index < -0.39 is 0 Å². The van der Waals surface area contributed by atoms with E-state index in [9.17, 15) is 5.11 Å². The number of nitrogens with one attached hydrogen (secondary N) is 1. The molecule has 3 atom stereocenters. The smallest absolute Gasteiger partial charge is 0.0540 e. The van der Waals surface area contributed by atoms with Crippen LogP contribution >= 0.6 is 0 Å². The number of rotatable bonds is 2. The highest BCUT2D eigenvalue weighted by Crippen LogP contribution is 2.21. The fraction of sp³-hybridized carbons (Fsp3) is 1.00. The first-order chi connectivity index (χ1) is 4.72. The summed E-state index contributed by atoms with van der Waals surface area (Å²) in [5.41, 5.74) is 0. The Hall–Kier alpha value is -0.0800. The average Bonchev–Trinajstić information content (AvgIpc) is 2.36. The zero-order valence-corrected chi connectivity index (χ0v) is 6.80. The molecule has 1 aliphatic rings. The molecule has 0 aromatic rings. The van der Waals surface area contributed by atoms with Gasteiger partial charge in [-0.2, -0.15) is 0 Å². The molecule has 10 heavy (non-hydrogen) atoms. The van der Waals surface area contributed by atoms with Crippen LogP contribution in [0.15, 0.2) is 0 Å². The molecule has 0 aliphatic carbocycles. The lowest BCUT2D eigenvalue weighted by molar-refractivity contribution is 0.104. The molecule has 1 heterocycles. The van der Waals surface area contributed by atoms with Gasteiger partial charge in [0.2, 0.25) is 0 Å². The second-order valence-corrected chi connectivity index (χ2v) is 3.35. The summed E-state index contributed by atoms with van der Waals surface area (Å²) in [5.74, 6) is 1.15. The standard InChI is InChI=1S/C8H17NO/c1-6(7(2)10)8-3-4-9-5-8/h6-10H,3-5H2,1-2H3. The van der Waals surface area contributed by atoms with Gasteiger partial charge in [0, 0.05) is 0 Å². The van der Waals surface area contributed by atoms with Crippen molar-refractivity contribution in [2.75, 3.05) is 13.1 Å². The van der Waals surface area contributed by atoms with Crippen LogP contribution in [0, 0.1) is 11.8 Å². The molecule has 2 N–H and O–H groups in total. The molecule has 1 fully saturated rings. The third-order valence-corrected chi connectivity index (χ3v) is 2.60. The van der Waals surface area contributed by atoms with E-state index in [4.69, 9.17) is 0 Å². The Balaban J connectivity index is 2.32. The van der Waals surface area contributed by atoms with Crippen molar-refractivity contribution in [2.24, 2.45) is 11.8 Å². The summed E-state index contributed by atoms with van der Waals surface area (Å²) in [6, 6.07) is 0.